The van der Waals surface area contributed by atoms with Crippen molar-refractivity contribution in [1.29, 1.82) is 0 Å². The fourth-order valence-corrected chi connectivity index (χ4v) is 2.21. The summed E-state index contributed by atoms with van der Waals surface area (Å²) in [5, 5.41) is 18.7. The van der Waals surface area contributed by atoms with E-state index in [0.29, 0.717) is 19.7 Å². The molecule has 114 valence electrons. The van der Waals surface area contributed by atoms with Gasteiger partial charge in [0.25, 0.3) is 0 Å². The van der Waals surface area contributed by atoms with E-state index in [1.165, 1.54) is 0 Å². The molecule has 0 amide bonds. The average Bonchev–Trinajstić information content (AvgIpc) is 2.58. The highest BCUT2D eigenvalue weighted by Gasteiger charge is 2.34. The van der Waals surface area contributed by atoms with Gasteiger partial charge in [0.1, 0.15) is 0 Å². The quantitative estimate of drug-likeness (QED) is 0.683. The molecule has 0 aromatic rings. The maximum Gasteiger partial charge on any atom is 0.317 e. The van der Waals surface area contributed by atoms with Crippen LogP contribution in [0.1, 0.15) is 13.8 Å². The number of carboxylic acid groups (broad SMARTS) is 1. The number of likely N-dealkylation sites (tertiary alicyclic amines) is 1. The lowest BCUT2D eigenvalue weighted by atomic mass is 10.2. The number of aliphatic hydroxyl groups is 1. The number of β-amino-alcohol motifs (C(OH)–C–C–N with tert-alkyl or cyclic N) is 1. The van der Waals surface area contributed by atoms with Gasteiger partial charge in [-0.2, -0.15) is 0 Å². The number of hydrogen-bond donors (Lipinski definition) is 2. The minimum absolute atomic E-state index is 0. The van der Waals surface area contributed by atoms with E-state index in [-0.39, 0.29) is 31.1 Å². The Balaban J connectivity index is 0.00000324. The Labute approximate surface area is 120 Å². The molecule has 0 aromatic carbocycles. The highest BCUT2D eigenvalue weighted by Crippen LogP contribution is 2.14. The Morgan fingerprint density at radius 3 is 2.63 bits per heavy atom. The van der Waals surface area contributed by atoms with Crippen LogP contribution in [0.5, 0.6) is 0 Å². The Bertz CT molecular complexity index is 278. The maximum absolute atomic E-state index is 10.6. The highest BCUT2D eigenvalue weighted by molar-refractivity contribution is 5.85. The second-order valence-electron chi connectivity index (χ2n) is 5.12. The van der Waals surface area contributed by atoms with Crippen LogP contribution in [0, 0.1) is 0 Å². The molecule has 2 atom stereocenters. The van der Waals surface area contributed by atoms with Crippen LogP contribution < -0.4 is 0 Å². The largest absolute Gasteiger partial charge is 0.480 e. The Morgan fingerprint density at radius 2 is 2.11 bits per heavy atom. The lowest BCUT2D eigenvalue weighted by Crippen LogP contribution is -2.43. The number of ether oxygens (including phenoxy) is 1. The molecule has 0 spiro atoms. The van der Waals surface area contributed by atoms with Crippen molar-refractivity contribution in [3.63, 3.8) is 0 Å². The van der Waals surface area contributed by atoms with Gasteiger partial charge < -0.3 is 14.9 Å². The molecule has 1 unspecified atom stereocenters. The second-order valence-corrected chi connectivity index (χ2v) is 5.12. The van der Waals surface area contributed by atoms with Crippen LogP contribution in [0.2, 0.25) is 0 Å². The van der Waals surface area contributed by atoms with Gasteiger partial charge in [-0.1, -0.05) is 0 Å². The number of halogens is 1. The minimum Gasteiger partial charge on any atom is -0.480 e. The molecule has 1 fully saturated rings. The SMILES string of the molecule is CC(C)OCCN1CC(N(C)CC(=O)O)[C@H](O)C1.Cl. The van der Waals surface area contributed by atoms with Crippen molar-refractivity contribution in [2.45, 2.75) is 32.1 Å². The van der Waals surface area contributed by atoms with E-state index in [9.17, 15) is 9.90 Å². The molecular weight excluding hydrogens is 272 g/mol. The number of hydrogen-bond acceptors (Lipinski definition) is 5. The number of aliphatic carboxylic acids is 1. The predicted molar refractivity (Wildman–Crippen MR) is 74.8 cm³/mol. The van der Waals surface area contributed by atoms with Crippen LogP contribution in [-0.4, -0.2) is 84.1 Å². The van der Waals surface area contributed by atoms with Gasteiger partial charge in [0, 0.05) is 25.7 Å². The minimum atomic E-state index is -0.869. The van der Waals surface area contributed by atoms with E-state index >= 15 is 0 Å². The highest BCUT2D eigenvalue weighted by atomic mass is 35.5. The second kappa shape index (κ2) is 8.71. The van der Waals surface area contributed by atoms with Gasteiger partial charge in [0.15, 0.2) is 0 Å². The monoisotopic (exact) mass is 296 g/mol. The zero-order valence-corrected chi connectivity index (χ0v) is 12.6. The standard InChI is InChI=1S/C12H24N2O4.ClH/c1-9(2)18-5-4-14-6-10(11(15)7-14)13(3)8-12(16)17;/h9-11,15H,4-8H2,1-3H3,(H,16,17);1H/t10?,11-;/m1./s1. The number of aliphatic hydroxyl groups excluding tert-OH is 1. The summed E-state index contributed by atoms with van der Waals surface area (Å²) in [5.74, 6) is -0.869. The molecule has 1 aliphatic rings. The van der Waals surface area contributed by atoms with Crippen molar-refractivity contribution >= 4 is 18.4 Å². The number of nitrogens with zero attached hydrogens (tertiary/aromatic N) is 2. The smallest absolute Gasteiger partial charge is 0.317 e. The van der Waals surface area contributed by atoms with Crippen molar-refractivity contribution in [2.24, 2.45) is 0 Å². The molecule has 7 heteroatoms. The van der Waals surface area contributed by atoms with Gasteiger partial charge in [-0.15, -0.1) is 12.4 Å². The molecule has 1 heterocycles. The third kappa shape index (κ3) is 6.54. The summed E-state index contributed by atoms with van der Waals surface area (Å²) in [5.41, 5.74) is 0. The summed E-state index contributed by atoms with van der Waals surface area (Å²) < 4.78 is 5.47. The zero-order chi connectivity index (χ0) is 13.7. The fourth-order valence-electron chi connectivity index (χ4n) is 2.21. The molecule has 1 aliphatic heterocycles. The van der Waals surface area contributed by atoms with Crippen molar-refractivity contribution in [3.8, 4) is 0 Å². The molecule has 2 N–H and O–H groups in total. The van der Waals surface area contributed by atoms with E-state index in [1.807, 2.05) is 13.8 Å². The number of carboxylic acids is 1. The number of rotatable bonds is 7. The average molecular weight is 297 g/mol. The third-order valence-electron chi connectivity index (χ3n) is 3.14. The topological polar surface area (TPSA) is 73.2 Å². The fraction of sp³-hybridized carbons (Fsp3) is 0.917. The normalized spacial score (nSPS) is 23.9. The summed E-state index contributed by atoms with van der Waals surface area (Å²) in [6.07, 6.45) is -0.281. The number of carbonyl (C=O) groups is 1. The molecule has 0 aliphatic carbocycles. The molecule has 19 heavy (non-hydrogen) atoms. The van der Waals surface area contributed by atoms with Gasteiger partial charge >= 0.3 is 5.97 Å². The molecule has 1 saturated heterocycles. The molecular formula is C12H25ClN2O4. The van der Waals surface area contributed by atoms with Gasteiger partial charge in [-0.25, -0.2) is 0 Å². The van der Waals surface area contributed by atoms with Gasteiger partial charge in [0.05, 0.1) is 25.4 Å². The maximum atomic E-state index is 10.6. The summed E-state index contributed by atoms with van der Waals surface area (Å²) in [4.78, 5) is 14.4. The van der Waals surface area contributed by atoms with Crippen LogP contribution in [0.25, 0.3) is 0 Å². The summed E-state index contributed by atoms with van der Waals surface area (Å²) in [6, 6.07) is -0.111. The predicted octanol–water partition coefficient (Wildman–Crippen LogP) is -0.105. The summed E-state index contributed by atoms with van der Waals surface area (Å²) in [7, 11) is 1.73. The first-order valence-corrected chi connectivity index (χ1v) is 6.34. The zero-order valence-electron chi connectivity index (χ0n) is 11.8. The molecule has 0 aromatic heterocycles. The molecule has 1 rings (SSSR count). The van der Waals surface area contributed by atoms with E-state index in [1.54, 1.807) is 11.9 Å². The Kier molecular flexibility index (Phi) is 8.52. The molecule has 0 bridgehead atoms. The first kappa shape index (κ1) is 18.6. The lowest BCUT2D eigenvalue weighted by molar-refractivity contribution is -0.138. The van der Waals surface area contributed by atoms with Crippen molar-refractivity contribution in [2.75, 3.05) is 39.8 Å². The van der Waals surface area contributed by atoms with Crippen LogP contribution in [0.4, 0.5) is 0 Å². The van der Waals surface area contributed by atoms with Gasteiger partial charge in [0.2, 0.25) is 0 Å². The van der Waals surface area contributed by atoms with Crippen LogP contribution in [-0.2, 0) is 9.53 Å². The van der Waals surface area contributed by atoms with E-state index < -0.39 is 12.1 Å². The van der Waals surface area contributed by atoms with Crippen LogP contribution >= 0.6 is 12.4 Å². The lowest BCUT2D eigenvalue weighted by Gasteiger charge is -2.24. The first-order valence-electron chi connectivity index (χ1n) is 6.34. The first-order chi connectivity index (χ1) is 8.40. The van der Waals surface area contributed by atoms with Crippen molar-refractivity contribution in [3.05, 3.63) is 0 Å². The van der Waals surface area contributed by atoms with E-state index in [4.69, 9.17) is 9.84 Å². The summed E-state index contributed by atoms with van der Waals surface area (Å²) in [6.45, 7) is 6.61. The van der Waals surface area contributed by atoms with Crippen molar-refractivity contribution in [1.82, 2.24) is 9.80 Å². The van der Waals surface area contributed by atoms with Crippen molar-refractivity contribution < 1.29 is 19.7 Å². The number of likely N-dealkylation sites (N-methyl/N-ethyl adjacent to an activating group) is 1. The van der Waals surface area contributed by atoms with E-state index in [0.717, 1.165) is 6.54 Å². The molecule has 6 nitrogen and oxygen atoms in total. The summed E-state index contributed by atoms with van der Waals surface area (Å²) >= 11 is 0. The van der Waals surface area contributed by atoms with Crippen LogP contribution in [0.15, 0.2) is 0 Å². The van der Waals surface area contributed by atoms with Gasteiger partial charge in [-0.3, -0.25) is 14.6 Å². The van der Waals surface area contributed by atoms with Gasteiger partial charge in [-0.05, 0) is 20.9 Å². The van der Waals surface area contributed by atoms with Crippen LogP contribution in [0.3, 0.4) is 0 Å². The third-order valence-corrected chi connectivity index (χ3v) is 3.14. The Hall–Kier alpha value is -0.400. The molecule has 0 radical (unpaired) electrons. The van der Waals surface area contributed by atoms with E-state index in [2.05, 4.69) is 4.90 Å². The molecule has 0 saturated carbocycles. The Morgan fingerprint density at radius 1 is 1.47 bits per heavy atom.